The quantitative estimate of drug-likeness (QED) is 0.0345. The van der Waals surface area contributed by atoms with Crippen molar-refractivity contribution in [2.75, 3.05) is 47.3 Å². The number of nitrogens with zero attached hydrogens (tertiary/aromatic N) is 1. The summed E-state index contributed by atoms with van der Waals surface area (Å²) in [5.41, 5.74) is 0. The van der Waals surface area contributed by atoms with Gasteiger partial charge in [0.1, 0.15) is 6.79 Å². The Balaban J connectivity index is 4.28. The summed E-state index contributed by atoms with van der Waals surface area (Å²) >= 11 is 0. The molecule has 0 rings (SSSR count). The van der Waals surface area contributed by atoms with Crippen LogP contribution in [0.3, 0.4) is 0 Å². The minimum absolute atomic E-state index is 0.0143. The number of hydrogen-bond donors (Lipinski definition) is 0. The van der Waals surface area contributed by atoms with Gasteiger partial charge in [0.05, 0.1) is 25.9 Å². The molecular formula is C49H97NO6. The van der Waals surface area contributed by atoms with Gasteiger partial charge in [-0.1, -0.05) is 182 Å². The molecule has 0 saturated heterocycles. The molecule has 0 spiro atoms. The normalized spacial score (nSPS) is 11.8. The Kier molecular flexibility index (Phi) is 42.5. The lowest BCUT2D eigenvalue weighted by Gasteiger charge is -2.18. The van der Waals surface area contributed by atoms with E-state index < -0.39 is 0 Å². The largest absolute Gasteiger partial charge is 0.466 e. The Morgan fingerprint density at radius 3 is 1.20 bits per heavy atom. The summed E-state index contributed by atoms with van der Waals surface area (Å²) in [5, 5.41) is 0. The van der Waals surface area contributed by atoms with E-state index in [0.29, 0.717) is 44.7 Å². The number of esters is 2. The zero-order valence-corrected chi connectivity index (χ0v) is 38.5. The van der Waals surface area contributed by atoms with Crippen molar-refractivity contribution < 1.29 is 28.5 Å². The number of rotatable bonds is 45. The number of carbonyl (C=O) groups is 2. The lowest BCUT2D eigenvalue weighted by atomic mass is 9.92. The fourth-order valence-electron chi connectivity index (χ4n) is 7.76. The highest BCUT2D eigenvalue weighted by molar-refractivity contribution is 5.69. The molecule has 0 atom stereocenters. The van der Waals surface area contributed by atoms with Gasteiger partial charge in [-0.3, -0.25) is 9.59 Å². The molecule has 0 N–H and O–H groups in total. The lowest BCUT2D eigenvalue weighted by Crippen LogP contribution is -2.18. The summed E-state index contributed by atoms with van der Waals surface area (Å²) in [6, 6.07) is 0. The SMILES string of the molecule is CCCCCC(CCCCC)CCOC(=O)CCCCCCCC(CCCCCCCC(=O)OCCC(CCCCC)CCCCC)OCOCCCN(C)C. The monoisotopic (exact) mass is 796 g/mol. The Hall–Kier alpha value is -1.18. The molecule has 0 fully saturated rings. The first-order valence-corrected chi connectivity index (χ1v) is 24.5. The van der Waals surface area contributed by atoms with Crippen LogP contribution in [-0.2, 0) is 28.5 Å². The molecule has 0 aliphatic carbocycles. The van der Waals surface area contributed by atoms with Crippen LogP contribution in [0.2, 0.25) is 0 Å². The molecule has 0 bridgehead atoms. The van der Waals surface area contributed by atoms with Crippen molar-refractivity contribution in [2.45, 2.75) is 246 Å². The van der Waals surface area contributed by atoms with E-state index in [0.717, 1.165) is 96.6 Å². The first-order chi connectivity index (χ1) is 27.4. The second kappa shape index (κ2) is 43.4. The summed E-state index contributed by atoms with van der Waals surface area (Å²) in [6.07, 6.45) is 38.1. The van der Waals surface area contributed by atoms with Crippen LogP contribution < -0.4 is 0 Å². The number of ether oxygens (including phenoxy) is 4. The van der Waals surface area contributed by atoms with Crippen LogP contribution in [0, 0.1) is 11.8 Å². The molecule has 0 amide bonds. The number of hydrogen-bond acceptors (Lipinski definition) is 7. The van der Waals surface area contributed by atoms with Crippen molar-refractivity contribution in [3.63, 3.8) is 0 Å². The highest BCUT2D eigenvalue weighted by Crippen LogP contribution is 2.23. The van der Waals surface area contributed by atoms with Gasteiger partial charge in [0, 0.05) is 12.8 Å². The van der Waals surface area contributed by atoms with Crippen LogP contribution in [-0.4, -0.2) is 70.2 Å². The fourth-order valence-corrected chi connectivity index (χ4v) is 7.76. The smallest absolute Gasteiger partial charge is 0.305 e. The maximum absolute atomic E-state index is 12.4. The fraction of sp³-hybridized carbons (Fsp3) is 0.959. The van der Waals surface area contributed by atoms with Gasteiger partial charge in [-0.2, -0.15) is 0 Å². The maximum atomic E-state index is 12.4. The Morgan fingerprint density at radius 1 is 0.429 bits per heavy atom. The van der Waals surface area contributed by atoms with E-state index in [1.54, 1.807) is 0 Å². The number of carbonyl (C=O) groups excluding carboxylic acids is 2. The summed E-state index contributed by atoms with van der Waals surface area (Å²) < 4.78 is 23.3. The van der Waals surface area contributed by atoms with E-state index in [4.69, 9.17) is 18.9 Å². The highest BCUT2D eigenvalue weighted by atomic mass is 16.7. The molecule has 56 heavy (non-hydrogen) atoms. The Morgan fingerprint density at radius 2 is 0.804 bits per heavy atom. The zero-order chi connectivity index (χ0) is 41.2. The molecule has 0 unspecified atom stereocenters. The van der Waals surface area contributed by atoms with Crippen LogP contribution in [0.15, 0.2) is 0 Å². The molecule has 0 radical (unpaired) electrons. The Bertz CT molecular complexity index is 746. The molecule has 0 aliphatic rings. The molecule has 0 aromatic rings. The second-order valence-electron chi connectivity index (χ2n) is 17.3. The van der Waals surface area contributed by atoms with Gasteiger partial charge in [0.15, 0.2) is 0 Å². The Labute approximate surface area is 349 Å². The van der Waals surface area contributed by atoms with E-state index >= 15 is 0 Å². The van der Waals surface area contributed by atoms with E-state index in [1.165, 1.54) is 116 Å². The van der Waals surface area contributed by atoms with Crippen LogP contribution >= 0.6 is 0 Å². The van der Waals surface area contributed by atoms with E-state index in [1.807, 2.05) is 0 Å². The molecule has 0 heterocycles. The van der Waals surface area contributed by atoms with Crippen LogP contribution in [0.5, 0.6) is 0 Å². The third-order valence-electron chi connectivity index (χ3n) is 11.5. The minimum atomic E-state index is -0.0143. The second-order valence-corrected chi connectivity index (χ2v) is 17.3. The topological polar surface area (TPSA) is 74.3 Å². The summed E-state index contributed by atoms with van der Waals surface area (Å²) in [6.45, 7) is 12.4. The molecule has 334 valence electrons. The maximum Gasteiger partial charge on any atom is 0.305 e. The lowest BCUT2D eigenvalue weighted by molar-refractivity contribution is -0.145. The van der Waals surface area contributed by atoms with E-state index in [9.17, 15) is 9.59 Å². The van der Waals surface area contributed by atoms with Crippen molar-refractivity contribution in [3.8, 4) is 0 Å². The first-order valence-electron chi connectivity index (χ1n) is 24.5. The minimum Gasteiger partial charge on any atom is -0.466 e. The molecule has 0 saturated carbocycles. The molecule has 0 aromatic carbocycles. The van der Waals surface area contributed by atoms with Gasteiger partial charge in [-0.15, -0.1) is 0 Å². The van der Waals surface area contributed by atoms with Crippen molar-refractivity contribution in [3.05, 3.63) is 0 Å². The average Bonchev–Trinajstić information content (AvgIpc) is 3.17. The van der Waals surface area contributed by atoms with Crippen LogP contribution in [0.4, 0.5) is 0 Å². The predicted octanol–water partition coefficient (Wildman–Crippen LogP) is 14.2. The van der Waals surface area contributed by atoms with E-state index in [2.05, 4.69) is 46.7 Å². The third kappa shape index (κ3) is 39.6. The van der Waals surface area contributed by atoms with Crippen molar-refractivity contribution in [1.82, 2.24) is 4.90 Å². The molecule has 7 nitrogen and oxygen atoms in total. The standard InChI is InChI=1S/C49H97NO6/c1-7-11-21-30-45(31-22-12-8-2)38-42-54-48(51)36-27-19-15-17-25-34-47(56-44-53-41-29-40-50(5)6)35-26-18-16-20-28-37-49(52)55-43-39-46(32-23-13-9-3)33-24-14-10-4/h45-47H,7-44H2,1-6H3. The third-order valence-corrected chi connectivity index (χ3v) is 11.5. The van der Waals surface area contributed by atoms with Gasteiger partial charge >= 0.3 is 11.9 Å². The molecule has 0 aliphatic heterocycles. The van der Waals surface area contributed by atoms with Crippen molar-refractivity contribution in [2.24, 2.45) is 11.8 Å². The summed E-state index contributed by atoms with van der Waals surface area (Å²) in [5.74, 6) is 1.39. The number of unbranched alkanes of at least 4 members (excludes halogenated alkanes) is 16. The molecular weight excluding hydrogens is 699 g/mol. The summed E-state index contributed by atoms with van der Waals surface area (Å²) in [7, 11) is 4.18. The van der Waals surface area contributed by atoms with Gasteiger partial charge in [0.25, 0.3) is 0 Å². The summed E-state index contributed by atoms with van der Waals surface area (Å²) in [4.78, 5) is 27.0. The van der Waals surface area contributed by atoms with Gasteiger partial charge in [-0.05, 0) is 77.4 Å². The molecule has 7 heteroatoms. The average molecular weight is 796 g/mol. The predicted molar refractivity (Wildman–Crippen MR) is 238 cm³/mol. The zero-order valence-electron chi connectivity index (χ0n) is 38.5. The van der Waals surface area contributed by atoms with Crippen molar-refractivity contribution in [1.29, 1.82) is 0 Å². The van der Waals surface area contributed by atoms with E-state index in [-0.39, 0.29) is 18.0 Å². The van der Waals surface area contributed by atoms with Gasteiger partial charge in [-0.25, -0.2) is 0 Å². The first kappa shape index (κ1) is 54.8. The van der Waals surface area contributed by atoms with Gasteiger partial charge in [0.2, 0.25) is 0 Å². The van der Waals surface area contributed by atoms with Crippen molar-refractivity contribution >= 4 is 11.9 Å². The van der Waals surface area contributed by atoms with Gasteiger partial charge < -0.3 is 23.8 Å². The van der Waals surface area contributed by atoms with Crippen LogP contribution in [0.1, 0.15) is 240 Å². The molecule has 0 aromatic heterocycles. The highest BCUT2D eigenvalue weighted by Gasteiger charge is 2.13. The van der Waals surface area contributed by atoms with Crippen LogP contribution in [0.25, 0.3) is 0 Å².